The van der Waals surface area contributed by atoms with Crippen LogP contribution in [0.1, 0.15) is 5.56 Å². The lowest BCUT2D eigenvalue weighted by Crippen LogP contribution is -2.24. The van der Waals surface area contributed by atoms with Gasteiger partial charge in [0.2, 0.25) is 0 Å². The van der Waals surface area contributed by atoms with E-state index in [1.54, 1.807) is 0 Å². The molecular weight excluding hydrogens is 278 g/mol. The van der Waals surface area contributed by atoms with E-state index in [-0.39, 0.29) is 12.1 Å². The fraction of sp³-hybridized carbons (Fsp3) is 0.286. The molecule has 7 heteroatoms. The summed E-state index contributed by atoms with van der Waals surface area (Å²) in [6.45, 7) is 1.52. The van der Waals surface area contributed by atoms with Crippen LogP contribution in [0, 0.1) is 11.6 Å². The zero-order chi connectivity index (χ0) is 15.2. The van der Waals surface area contributed by atoms with E-state index in [0.29, 0.717) is 17.8 Å². The van der Waals surface area contributed by atoms with Crippen LogP contribution in [0.2, 0.25) is 0 Å². The lowest BCUT2D eigenvalue weighted by atomic mass is 10.2. The first-order valence-electron chi connectivity index (χ1n) is 6.49. The van der Waals surface area contributed by atoms with Crippen LogP contribution in [-0.2, 0) is 6.54 Å². The van der Waals surface area contributed by atoms with Crippen molar-refractivity contribution in [1.29, 1.82) is 0 Å². The average Bonchev–Trinajstić information content (AvgIpc) is 2.46. The van der Waals surface area contributed by atoms with Crippen molar-refractivity contribution in [3.05, 3.63) is 58.0 Å². The molecule has 5 nitrogen and oxygen atoms in total. The predicted molar refractivity (Wildman–Crippen MR) is 76.4 cm³/mol. The summed E-state index contributed by atoms with van der Waals surface area (Å²) in [6, 6.07) is 4.93. The van der Waals surface area contributed by atoms with E-state index in [9.17, 15) is 13.6 Å². The number of halogens is 2. The van der Waals surface area contributed by atoms with Gasteiger partial charge in [0.25, 0.3) is 5.56 Å². The van der Waals surface area contributed by atoms with Crippen molar-refractivity contribution in [3.63, 3.8) is 0 Å². The number of hydrogen-bond donors (Lipinski definition) is 2. The molecule has 0 radical (unpaired) electrons. The van der Waals surface area contributed by atoms with Gasteiger partial charge >= 0.3 is 0 Å². The monoisotopic (exact) mass is 294 g/mol. The Kier molecular flexibility index (Phi) is 4.99. The van der Waals surface area contributed by atoms with Crippen LogP contribution in [0.15, 0.2) is 35.3 Å². The van der Waals surface area contributed by atoms with Crippen molar-refractivity contribution in [2.24, 2.45) is 0 Å². The van der Waals surface area contributed by atoms with Crippen molar-refractivity contribution in [3.8, 4) is 0 Å². The third-order valence-corrected chi connectivity index (χ3v) is 2.89. The van der Waals surface area contributed by atoms with Gasteiger partial charge in [-0.15, -0.1) is 0 Å². The number of aromatic nitrogens is 2. The number of hydrogen-bond acceptors (Lipinski definition) is 4. The molecule has 2 N–H and O–H groups in total. The molecule has 21 heavy (non-hydrogen) atoms. The van der Waals surface area contributed by atoms with Crippen LogP contribution in [0.3, 0.4) is 0 Å². The van der Waals surface area contributed by atoms with E-state index in [2.05, 4.69) is 15.7 Å². The molecule has 0 fully saturated rings. The van der Waals surface area contributed by atoms with Crippen LogP contribution in [0.5, 0.6) is 0 Å². The SMILES string of the molecule is CNCCNc1cnn(Cc2ccc(F)c(F)c2)c(=O)c1. The van der Waals surface area contributed by atoms with Crippen molar-refractivity contribution >= 4 is 5.69 Å². The van der Waals surface area contributed by atoms with Crippen molar-refractivity contribution < 1.29 is 8.78 Å². The Hall–Kier alpha value is -2.28. The molecule has 0 atom stereocenters. The van der Waals surface area contributed by atoms with Crippen molar-refractivity contribution in [1.82, 2.24) is 15.1 Å². The topological polar surface area (TPSA) is 59.0 Å². The van der Waals surface area contributed by atoms with E-state index in [0.717, 1.165) is 18.7 Å². The van der Waals surface area contributed by atoms with Gasteiger partial charge in [-0.25, -0.2) is 13.5 Å². The predicted octanol–water partition coefficient (Wildman–Crippen LogP) is 1.20. The van der Waals surface area contributed by atoms with Gasteiger partial charge in [0, 0.05) is 19.2 Å². The molecule has 0 spiro atoms. The Morgan fingerprint density at radius 3 is 2.67 bits per heavy atom. The van der Waals surface area contributed by atoms with Crippen LogP contribution >= 0.6 is 0 Å². The van der Waals surface area contributed by atoms with E-state index >= 15 is 0 Å². The summed E-state index contributed by atoms with van der Waals surface area (Å²) in [7, 11) is 1.83. The first-order chi connectivity index (χ1) is 10.1. The molecule has 2 rings (SSSR count). The normalized spacial score (nSPS) is 10.6. The van der Waals surface area contributed by atoms with Gasteiger partial charge in [-0.1, -0.05) is 6.07 Å². The minimum Gasteiger partial charge on any atom is -0.382 e. The van der Waals surface area contributed by atoms with Crippen LogP contribution in [-0.4, -0.2) is 29.9 Å². The standard InChI is InChI=1S/C14H16F2N4O/c1-17-4-5-18-11-7-14(21)20(19-8-11)9-10-2-3-12(15)13(16)6-10/h2-3,6-8,17-18H,4-5,9H2,1H3. The highest BCUT2D eigenvalue weighted by atomic mass is 19.2. The van der Waals surface area contributed by atoms with Gasteiger partial charge in [-0.3, -0.25) is 4.79 Å². The lowest BCUT2D eigenvalue weighted by Gasteiger charge is -2.08. The quantitative estimate of drug-likeness (QED) is 0.786. The van der Waals surface area contributed by atoms with E-state index in [4.69, 9.17) is 0 Å². The maximum atomic E-state index is 13.1. The summed E-state index contributed by atoms with van der Waals surface area (Å²) < 4.78 is 27.2. The van der Waals surface area contributed by atoms with Crippen LogP contribution < -0.4 is 16.2 Å². The summed E-state index contributed by atoms with van der Waals surface area (Å²) >= 11 is 0. The number of rotatable bonds is 6. The molecule has 0 saturated carbocycles. The van der Waals surface area contributed by atoms with E-state index in [1.807, 2.05) is 7.05 Å². The molecule has 0 bridgehead atoms. The molecule has 0 saturated heterocycles. The Labute approximate surface area is 120 Å². The molecule has 0 aliphatic carbocycles. The molecule has 0 aliphatic heterocycles. The highest BCUT2D eigenvalue weighted by molar-refractivity contribution is 5.38. The highest BCUT2D eigenvalue weighted by Gasteiger charge is 2.05. The zero-order valence-electron chi connectivity index (χ0n) is 11.6. The highest BCUT2D eigenvalue weighted by Crippen LogP contribution is 2.09. The third kappa shape index (κ3) is 4.09. The smallest absolute Gasteiger partial charge is 0.269 e. The maximum Gasteiger partial charge on any atom is 0.269 e. The second-order valence-electron chi connectivity index (χ2n) is 4.52. The number of likely N-dealkylation sites (N-methyl/N-ethyl adjacent to an activating group) is 1. The van der Waals surface area contributed by atoms with E-state index in [1.165, 1.54) is 23.0 Å². The van der Waals surface area contributed by atoms with Gasteiger partial charge in [0.1, 0.15) is 0 Å². The summed E-state index contributed by atoms with van der Waals surface area (Å²) in [4.78, 5) is 11.9. The zero-order valence-corrected chi connectivity index (χ0v) is 11.6. The molecular formula is C14H16F2N4O. The molecule has 0 aliphatic rings. The van der Waals surface area contributed by atoms with Crippen LogP contribution in [0.25, 0.3) is 0 Å². The number of anilines is 1. The third-order valence-electron chi connectivity index (χ3n) is 2.89. The molecule has 2 aromatic rings. The molecule has 1 heterocycles. The van der Waals surface area contributed by atoms with Crippen LogP contribution in [0.4, 0.5) is 14.5 Å². The number of nitrogens with zero attached hydrogens (tertiary/aromatic N) is 2. The Bertz CT molecular complexity index is 672. The lowest BCUT2D eigenvalue weighted by molar-refractivity contribution is 0.505. The minimum atomic E-state index is -0.939. The summed E-state index contributed by atoms with van der Waals surface area (Å²) in [5.74, 6) is -1.85. The first-order valence-corrected chi connectivity index (χ1v) is 6.49. The summed E-state index contributed by atoms with van der Waals surface area (Å²) in [6.07, 6.45) is 1.52. The second kappa shape index (κ2) is 6.94. The van der Waals surface area contributed by atoms with Gasteiger partial charge in [0.05, 0.1) is 18.4 Å². The number of nitrogens with one attached hydrogen (secondary N) is 2. The fourth-order valence-electron chi connectivity index (χ4n) is 1.79. The number of benzene rings is 1. The van der Waals surface area contributed by atoms with Gasteiger partial charge in [0.15, 0.2) is 11.6 Å². The molecule has 1 aromatic carbocycles. The Morgan fingerprint density at radius 1 is 1.19 bits per heavy atom. The van der Waals surface area contributed by atoms with Gasteiger partial charge in [-0.2, -0.15) is 5.10 Å². The van der Waals surface area contributed by atoms with Crippen molar-refractivity contribution in [2.45, 2.75) is 6.54 Å². The van der Waals surface area contributed by atoms with Crippen molar-refractivity contribution in [2.75, 3.05) is 25.5 Å². The van der Waals surface area contributed by atoms with Gasteiger partial charge < -0.3 is 10.6 Å². The minimum absolute atomic E-state index is 0.0901. The Morgan fingerprint density at radius 2 is 2.00 bits per heavy atom. The summed E-state index contributed by atoms with van der Waals surface area (Å²) in [5.41, 5.74) is 0.783. The maximum absolute atomic E-state index is 13.1. The molecule has 0 unspecified atom stereocenters. The Balaban J connectivity index is 2.10. The van der Waals surface area contributed by atoms with Gasteiger partial charge in [-0.05, 0) is 24.7 Å². The molecule has 112 valence electrons. The second-order valence-corrected chi connectivity index (χ2v) is 4.52. The molecule has 0 amide bonds. The van der Waals surface area contributed by atoms with E-state index < -0.39 is 11.6 Å². The largest absolute Gasteiger partial charge is 0.382 e. The molecule has 1 aromatic heterocycles. The first kappa shape index (κ1) is 15.1. The summed E-state index contributed by atoms with van der Waals surface area (Å²) in [5, 5.41) is 10.0. The fourth-order valence-corrected chi connectivity index (χ4v) is 1.79. The average molecular weight is 294 g/mol.